The van der Waals surface area contributed by atoms with Crippen LogP contribution in [0.3, 0.4) is 0 Å². The number of carbonyl (C=O) groups excluding carboxylic acids is 1. The van der Waals surface area contributed by atoms with Gasteiger partial charge in [-0.3, -0.25) is 9.59 Å². The van der Waals surface area contributed by atoms with E-state index in [1.54, 1.807) is 0 Å². The maximum atomic E-state index is 11.8. The second-order valence-electron chi connectivity index (χ2n) is 7.49. The Morgan fingerprint density at radius 3 is 1.88 bits per heavy atom. The number of allylic oxidation sites excluding steroid dienone is 2. The van der Waals surface area contributed by atoms with Crippen molar-refractivity contribution in [2.45, 2.75) is 110 Å². The minimum Gasteiger partial charge on any atom is -0.480 e. The molecule has 0 aromatic heterocycles. The van der Waals surface area contributed by atoms with Crippen LogP contribution in [0.2, 0.25) is 0 Å². The molecule has 1 unspecified atom stereocenters. The predicted molar refractivity (Wildman–Crippen MR) is 109 cm³/mol. The van der Waals surface area contributed by atoms with Gasteiger partial charge >= 0.3 is 5.97 Å². The van der Waals surface area contributed by atoms with Crippen LogP contribution in [0.15, 0.2) is 12.2 Å². The maximum Gasteiger partial charge on any atom is 0.325 e. The monoisotopic (exact) mass is 367 g/mol. The highest BCUT2D eigenvalue weighted by Gasteiger charge is 2.18. The van der Waals surface area contributed by atoms with Crippen molar-refractivity contribution in [3.63, 3.8) is 0 Å². The van der Waals surface area contributed by atoms with Gasteiger partial charge in [0.1, 0.15) is 6.04 Å². The molecule has 0 heterocycles. The first kappa shape index (κ1) is 24.7. The van der Waals surface area contributed by atoms with E-state index in [9.17, 15) is 9.59 Å². The summed E-state index contributed by atoms with van der Waals surface area (Å²) in [4.78, 5) is 22.6. The first-order valence-corrected chi connectivity index (χ1v) is 10.7. The van der Waals surface area contributed by atoms with Gasteiger partial charge in [-0.1, -0.05) is 77.4 Å². The van der Waals surface area contributed by atoms with Crippen molar-refractivity contribution in [3.05, 3.63) is 12.2 Å². The molecule has 152 valence electrons. The first-order valence-electron chi connectivity index (χ1n) is 10.7. The van der Waals surface area contributed by atoms with Gasteiger partial charge in [0.15, 0.2) is 0 Å². The van der Waals surface area contributed by atoms with Gasteiger partial charge in [0, 0.05) is 5.92 Å². The molecule has 0 aliphatic carbocycles. The molecule has 0 aliphatic rings. The van der Waals surface area contributed by atoms with Gasteiger partial charge in [0.05, 0.1) is 0 Å². The van der Waals surface area contributed by atoms with Gasteiger partial charge in [0.25, 0.3) is 0 Å². The minimum absolute atomic E-state index is 0.117. The van der Waals surface area contributed by atoms with E-state index in [1.165, 1.54) is 64.7 Å². The van der Waals surface area contributed by atoms with E-state index in [0.29, 0.717) is 0 Å². The maximum absolute atomic E-state index is 11.8. The van der Waals surface area contributed by atoms with Gasteiger partial charge < -0.3 is 10.4 Å². The van der Waals surface area contributed by atoms with E-state index in [4.69, 9.17) is 5.11 Å². The predicted octanol–water partition coefficient (Wildman–Crippen LogP) is 5.86. The zero-order valence-electron chi connectivity index (χ0n) is 17.3. The molecule has 0 radical (unpaired) electrons. The van der Waals surface area contributed by atoms with Gasteiger partial charge in [-0.15, -0.1) is 0 Å². The molecule has 0 fully saturated rings. The summed E-state index contributed by atoms with van der Waals surface area (Å²) in [6.07, 6.45) is 20.6. The molecular formula is C22H41NO3. The van der Waals surface area contributed by atoms with Crippen molar-refractivity contribution in [2.75, 3.05) is 0 Å². The topological polar surface area (TPSA) is 66.4 Å². The molecule has 0 saturated carbocycles. The summed E-state index contributed by atoms with van der Waals surface area (Å²) in [5.41, 5.74) is 0. The number of carbonyl (C=O) groups is 2. The molecule has 1 amide bonds. The fourth-order valence-corrected chi connectivity index (χ4v) is 2.89. The van der Waals surface area contributed by atoms with Gasteiger partial charge in [-0.2, -0.15) is 0 Å². The van der Waals surface area contributed by atoms with E-state index in [-0.39, 0.29) is 11.8 Å². The molecule has 2 atom stereocenters. The van der Waals surface area contributed by atoms with Crippen molar-refractivity contribution >= 4 is 11.9 Å². The molecule has 0 saturated heterocycles. The van der Waals surface area contributed by atoms with Crippen LogP contribution in [0.1, 0.15) is 104 Å². The summed E-state index contributed by atoms with van der Waals surface area (Å²) < 4.78 is 0. The molecule has 4 heteroatoms. The summed E-state index contributed by atoms with van der Waals surface area (Å²) in [6, 6.07) is -0.812. The lowest BCUT2D eigenvalue weighted by atomic mass is 10.0. The average Bonchev–Trinajstić information content (AvgIpc) is 2.61. The molecule has 26 heavy (non-hydrogen) atoms. The normalized spacial score (nSPS) is 13.7. The molecule has 2 N–H and O–H groups in total. The van der Waals surface area contributed by atoms with Gasteiger partial charge in [-0.25, -0.2) is 0 Å². The van der Waals surface area contributed by atoms with Crippen molar-refractivity contribution in [2.24, 2.45) is 5.92 Å². The Morgan fingerprint density at radius 2 is 1.35 bits per heavy atom. The smallest absolute Gasteiger partial charge is 0.325 e. The highest BCUT2D eigenvalue weighted by molar-refractivity contribution is 5.84. The highest BCUT2D eigenvalue weighted by atomic mass is 16.4. The van der Waals surface area contributed by atoms with E-state index in [2.05, 4.69) is 24.4 Å². The van der Waals surface area contributed by atoms with E-state index in [0.717, 1.165) is 25.7 Å². The van der Waals surface area contributed by atoms with E-state index >= 15 is 0 Å². The quantitative estimate of drug-likeness (QED) is 0.250. The zero-order chi connectivity index (χ0) is 19.6. The lowest BCUT2D eigenvalue weighted by Crippen LogP contribution is -2.41. The third kappa shape index (κ3) is 15.0. The number of unbranched alkanes of at least 4 members (excludes halogenated alkanes) is 10. The van der Waals surface area contributed by atoms with E-state index < -0.39 is 12.0 Å². The van der Waals surface area contributed by atoms with Crippen LogP contribution in [-0.4, -0.2) is 23.0 Å². The molecule has 0 aliphatic heterocycles. The standard InChI is InChI=1S/C22H41NO3/c1-4-5-6-7-8-9-10-11-12-13-14-15-16-17-18-19(2)21(24)23-20(3)22(25)26/h11-12,19-20H,4-10,13-18H2,1-3H3,(H,23,24)(H,25,26)/t19?,20-/m0/s1. The fraction of sp³-hybridized carbons (Fsp3) is 0.818. The van der Waals surface area contributed by atoms with Crippen molar-refractivity contribution in [3.8, 4) is 0 Å². The third-order valence-electron chi connectivity index (χ3n) is 4.83. The lowest BCUT2D eigenvalue weighted by molar-refractivity contribution is -0.141. The zero-order valence-corrected chi connectivity index (χ0v) is 17.3. The Hall–Kier alpha value is -1.32. The largest absolute Gasteiger partial charge is 0.480 e. The number of hydrogen-bond donors (Lipinski definition) is 2. The average molecular weight is 368 g/mol. The van der Waals surface area contributed by atoms with E-state index in [1.807, 2.05) is 6.92 Å². The van der Waals surface area contributed by atoms with Crippen LogP contribution < -0.4 is 5.32 Å². The number of rotatable bonds is 17. The number of hydrogen-bond acceptors (Lipinski definition) is 2. The summed E-state index contributed by atoms with van der Waals surface area (Å²) >= 11 is 0. The number of nitrogens with one attached hydrogen (secondary N) is 1. The van der Waals surface area contributed by atoms with Crippen molar-refractivity contribution < 1.29 is 14.7 Å². The Morgan fingerprint density at radius 1 is 0.846 bits per heavy atom. The number of carboxylic acids is 1. The SMILES string of the molecule is CCCCCCCCC=CCCCCCCC(C)C(=O)N[C@@H](C)C(=O)O. The second-order valence-corrected chi connectivity index (χ2v) is 7.49. The van der Waals surface area contributed by atoms with Crippen molar-refractivity contribution in [1.29, 1.82) is 0 Å². The second kappa shape index (κ2) is 17.1. The third-order valence-corrected chi connectivity index (χ3v) is 4.83. The summed E-state index contributed by atoms with van der Waals surface area (Å²) in [5, 5.41) is 11.3. The van der Waals surface area contributed by atoms with Crippen LogP contribution in [0.25, 0.3) is 0 Å². The van der Waals surface area contributed by atoms with Crippen LogP contribution in [-0.2, 0) is 9.59 Å². The summed E-state index contributed by atoms with van der Waals surface area (Å²) in [6.45, 7) is 5.62. The van der Waals surface area contributed by atoms with Crippen molar-refractivity contribution in [1.82, 2.24) is 5.32 Å². The van der Waals surface area contributed by atoms with Gasteiger partial charge in [0.2, 0.25) is 5.91 Å². The lowest BCUT2D eigenvalue weighted by Gasteiger charge is -2.14. The van der Waals surface area contributed by atoms with Gasteiger partial charge in [-0.05, 0) is 39.0 Å². The Kier molecular flexibility index (Phi) is 16.2. The molecule has 4 nitrogen and oxygen atoms in total. The van der Waals surface area contributed by atoms with Crippen LogP contribution in [0, 0.1) is 5.92 Å². The number of amides is 1. The molecule has 0 spiro atoms. The van der Waals surface area contributed by atoms with Crippen LogP contribution in [0.5, 0.6) is 0 Å². The Balaban J connectivity index is 3.45. The highest BCUT2D eigenvalue weighted by Crippen LogP contribution is 2.12. The molecule has 0 aromatic rings. The Bertz CT molecular complexity index is 393. The summed E-state index contributed by atoms with van der Waals surface area (Å²) in [5.74, 6) is -1.26. The number of carboxylic acid groups (broad SMARTS) is 1. The molecule has 0 bridgehead atoms. The fourth-order valence-electron chi connectivity index (χ4n) is 2.89. The molecular weight excluding hydrogens is 326 g/mol. The van der Waals surface area contributed by atoms with Crippen LogP contribution in [0.4, 0.5) is 0 Å². The summed E-state index contributed by atoms with van der Waals surface area (Å²) in [7, 11) is 0. The first-order chi connectivity index (χ1) is 12.5. The Labute approximate surface area is 160 Å². The minimum atomic E-state index is -0.991. The number of aliphatic carboxylic acids is 1. The molecule has 0 aromatic carbocycles. The van der Waals surface area contributed by atoms with Crippen LogP contribution >= 0.6 is 0 Å². The molecule has 0 rings (SSSR count).